The molecule has 12 nitrogen and oxygen atoms in total. The van der Waals surface area contributed by atoms with Crippen molar-refractivity contribution >= 4 is 0 Å². The van der Waals surface area contributed by atoms with Crippen molar-refractivity contribution in [3.63, 3.8) is 0 Å². The summed E-state index contributed by atoms with van der Waals surface area (Å²) in [5.74, 6) is -2.49. The Labute approximate surface area is 232 Å². The van der Waals surface area contributed by atoms with Gasteiger partial charge in [0.2, 0.25) is 12.1 Å². The first kappa shape index (κ1) is 28.5. The number of methoxy groups -OCH3 is 1. The average molecular weight is 577 g/mol. The van der Waals surface area contributed by atoms with E-state index >= 15 is 0 Å². The third-order valence-corrected chi connectivity index (χ3v) is 7.06. The van der Waals surface area contributed by atoms with Crippen LogP contribution in [0.3, 0.4) is 0 Å². The van der Waals surface area contributed by atoms with Gasteiger partial charge in [-0.25, -0.2) is 0 Å². The van der Waals surface area contributed by atoms with E-state index in [0.717, 1.165) is 0 Å². The van der Waals surface area contributed by atoms with Crippen molar-refractivity contribution in [1.82, 2.24) is 0 Å². The van der Waals surface area contributed by atoms with Gasteiger partial charge in [0.15, 0.2) is 29.1 Å². The molecule has 3 aromatic carbocycles. The number of hydrogen-bond donors (Lipinski definition) is 7. The molecule has 220 valence electrons. The molecule has 0 bridgehead atoms. The second kappa shape index (κ2) is 11.1. The molecule has 0 aromatic heterocycles. The van der Waals surface area contributed by atoms with Crippen LogP contribution >= 0.6 is 0 Å². The van der Waals surface area contributed by atoms with Crippen LogP contribution in [0.15, 0.2) is 42.5 Å². The Hall–Kier alpha value is -4.01. The zero-order valence-corrected chi connectivity index (χ0v) is 21.7. The van der Waals surface area contributed by atoms with E-state index in [9.17, 15) is 40.1 Å². The van der Waals surface area contributed by atoms with Gasteiger partial charge in [0.05, 0.1) is 26.9 Å². The Kier molecular flexibility index (Phi) is 7.72. The van der Waals surface area contributed by atoms with Gasteiger partial charge in [-0.2, -0.15) is 4.39 Å². The summed E-state index contributed by atoms with van der Waals surface area (Å²) in [5.41, 5.74) is -0.727. The van der Waals surface area contributed by atoms with Crippen molar-refractivity contribution in [2.24, 2.45) is 0 Å². The number of fused-ring (bicyclic) bond motifs is 1. The number of ether oxygens (including phenoxy) is 5. The largest absolute Gasteiger partial charge is 0.508 e. The summed E-state index contributed by atoms with van der Waals surface area (Å²) in [4.78, 5) is 0. The minimum Gasteiger partial charge on any atom is -0.508 e. The molecule has 3 aromatic rings. The normalized spacial score (nSPS) is 25.4. The van der Waals surface area contributed by atoms with Gasteiger partial charge in [0.1, 0.15) is 35.1 Å². The summed E-state index contributed by atoms with van der Waals surface area (Å²) < 4.78 is 42.5. The molecular weight excluding hydrogens is 547 g/mol. The van der Waals surface area contributed by atoms with Crippen molar-refractivity contribution in [2.45, 2.75) is 43.2 Å². The molecule has 0 aliphatic carbocycles. The van der Waals surface area contributed by atoms with Crippen LogP contribution < -0.4 is 14.2 Å². The first-order valence-corrected chi connectivity index (χ1v) is 12.5. The van der Waals surface area contributed by atoms with Crippen LogP contribution in [0.2, 0.25) is 0 Å². The fraction of sp³-hybridized carbons (Fsp3) is 0.357. The maximum Gasteiger partial charge on any atom is 0.229 e. The monoisotopic (exact) mass is 576 g/mol. The molecule has 0 radical (unpaired) electrons. The molecule has 0 spiro atoms. The number of phenolic OH excluding ortho intramolecular Hbond substituents is 4. The van der Waals surface area contributed by atoms with Gasteiger partial charge in [0, 0.05) is 24.1 Å². The van der Waals surface area contributed by atoms with E-state index in [0.29, 0.717) is 16.7 Å². The summed E-state index contributed by atoms with van der Waals surface area (Å²) in [7, 11) is 1.26. The highest BCUT2D eigenvalue weighted by atomic mass is 19.1. The molecule has 3 unspecified atom stereocenters. The van der Waals surface area contributed by atoms with Crippen molar-refractivity contribution in [2.75, 3.05) is 20.3 Å². The predicted octanol–water partition coefficient (Wildman–Crippen LogP) is 1.74. The number of rotatable bonds is 8. The summed E-state index contributed by atoms with van der Waals surface area (Å²) in [6.45, 7) is -1.29. The lowest BCUT2D eigenvalue weighted by atomic mass is 9.93. The predicted molar refractivity (Wildman–Crippen MR) is 137 cm³/mol. The van der Waals surface area contributed by atoms with Crippen LogP contribution in [0.25, 0.3) is 0 Å². The second-order valence-corrected chi connectivity index (χ2v) is 9.90. The van der Waals surface area contributed by atoms with Gasteiger partial charge in [-0.05, 0) is 35.4 Å². The Morgan fingerprint density at radius 3 is 2.46 bits per heavy atom. The lowest BCUT2D eigenvalue weighted by Crippen LogP contribution is -2.48. The number of hydrogen-bond acceptors (Lipinski definition) is 12. The molecule has 1 fully saturated rings. The van der Waals surface area contributed by atoms with E-state index in [1.54, 1.807) is 0 Å². The van der Waals surface area contributed by atoms with Crippen LogP contribution in [-0.4, -0.2) is 80.2 Å². The lowest BCUT2D eigenvalue weighted by molar-refractivity contribution is -0.116. The Morgan fingerprint density at radius 2 is 1.78 bits per heavy atom. The molecule has 1 saturated heterocycles. The maximum atomic E-state index is 14.1. The molecule has 13 heteroatoms. The quantitative estimate of drug-likeness (QED) is 0.193. The van der Waals surface area contributed by atoms with E-state index in [4.69, 9.17) is 23.7 Å². The molecule has 0 amide bonds. The van der Waals surface area contributed by atoms with Crippen LogP contribution in [0.5, 0.6) is 40.2 Å². The molecule has 41 heavy (non-hydrogen) atoms. The molecule has 5 rings (SSSR count). The van der Waals surface area contributed by atoms with Gasteiger partial charge in [0.25, 0.3) is 0 Å². The molecule has 7 N–H and O–H groups in total. The topological polar surface area (TPSA) is 188 Å². The molecule has 0 saturated carbocycles. The standard InChI is InChI=1S/C28H29FO12/c1-37-22-5-13(4-19(34)24(22)29)10-38-23-9-16-20(40-25(23)14-2-3-17(32)18(33)6-14)7-15(31)8-21(16)41-27-26(35)28(36,11-30)12-39-27/h2-8,23,25-27,30-36H,9-12H2,1H3/t23-,25-,26?,27?,28?/m1/s1. The Balaban J connectivity index is 1.48. The molecule has 5 atom stereocenters. The van der Waals surface area contributed by atoms with Crippen LogP contribution in [-0.2, 0) is 22.5 Å². The van der Waals surface area contributed by atoms with Crippen molar-refractivity contribution in [1.29, 1.82) is 0 Å². The van der Waals surface area contributed by atoms with Crippen LogP contribution in [0.1, 0.15) is 22.8 Å². The number of aromatic hydroxyl groups is 4. The van der Waals surface area contributed by atoms with E-state index in [2.05, 4.69) is 0 Å². The van der Waals surface area contributed by atoms with Gasteiger partial charge >= 0.3 is 0 Å². The summed E-state index contributed by atoms with van der Waals surface area (Å²) >= 11 is 0. The lowest BCUT2D eigenvalue weighted by Gasteiger charge is -2.35. The molecular formula is C28H29FO12. The number of phenols is 4. The van der Waals surface area contributed by atoms with Gasteiger partial charge in [-0.15, -0.1) is 0 Å². The minimum absolute atomic E-state index is 0.0490. The Morgan fingerprint density at radius 1 is 1.00 bits per heavy atom. The zero-order valence-electron chi connectivity index (χ0n) is 21.7. The van der Waals surface area contributed by atoms with E-state index in [1.165, 1.54) is 49.6 Å². The summed E-state index contributed by atoms with van der Waals surface area (Å²) in [6.07, 6.45) is -4.57. The third kappa shape index (κ3) is 5.49. The van der Waals surface area contributed by atoms with Gasteiger partial charge in [-0.3, -0.25) is 0 Å². The number of aliphatic hydroxyl groups excluding tert-OH is 2. The second-order valence-electron chi connectivity index (χ2n) is 9.90. The molecule has 2 heterocycles. The fourth-order valence-electron chi connectivity index (χ4n) is 4.78. The maximum absolute atomic E-state index is 14.1. The third-order valence-electron chi connectivity index (χ3n) is 7.06. The minimum atomic E-state index is -1.93. The number of benzene rings is 3. The summed E-state index contributed by atoms with van der Waals surface area (Å²) in [6, 6.07) is 9.25. The van der Waals surface area contributed by atoms with E-state index in [1.807, 2.05) is 0 Å². The fourth-order valence-corrected chi connectivity index (χ4v) is 4.78. The van der Waals surface area contributed by atoms with E-state index in [-0.39, 0.29) is 48.4 Å². The summed E-state index contributed by atoms with van der Waals surface area (Å²) in [5, 5.41) is 70.5. The number of halogens is 1. The number of aliphatic hydroxyl groups is 3. The van der Waals surface area contributed by atoms with Crippen LogP contribution in [0, 0.1) is 5.82 Å². The Bertz CT molecular complexity index is 1430. The zero-order chi connectivity index (χ0) is 29.5. The first-order valence-electron chi connectivity index (χ1n) is 12.5. The smallest absolute Gasteiger partial charge is 0.229 e. The van der Waals surface area contributed by atoms with Crippen molar-refractivity contribution < 1.29 is 63.8 Å². The highest BCUT2D eigenvalue weighted by Gasteiger charge is 2.49. The highest BCUT2D eigenvalue weighted by Crippen LogP contribution is 2.45. The highest BCUT2D eigenvalue weighted by molar-refractivity contribution is 5.53. The van der Waals surface area contributed by atoms with E-state index < -0.39 is 54.1 Å². The van der Waals surface area contributed by atoms with Crippen molar-refractivity contribution in [3.05, 3.63) is 65.0 Å². The SMILES string of the molecule is COc1cc(CO[C@@H]2Cc3c(OC4OCC(O)(CO)C4O)cc(O)cc3O[C@@H]2c2ccc(O)c(O)c2)cc(O)c1F. The average Bonchev–Trinajstić information content (AvgIpc) is 3.23. The van der Waals surface area contributed by atoms with Gasteiger partial charge in [-0.1, -0.05) is 6.07 Å². The molecule has 2 aliphatic rings. The first-order chi connectivity index (χ1) is 19.5. The van der Waals surface area contributed by atoms with Gasteiger partial charge < -0.3 is 59.4 Å². The van der Waals surface area contributed by atoms with Crippen molar-refractivity contribution in [3.8, 4) is 40.2 Å². The van der Waals surface area contributed by atoms with Crippen LogP contribution in [0.4, 0.5) is 4.39 Å². The molecule has 2 aliphatic heterocycles.